The number of rotatable bonds is 2. The van der Waals surface area contributed by atoms with Crippen LogP contribution in [-0.4, -0.2) is 14.4 Å². The van der Waals surface area contributed by atoms with Gasteiger partial charge in [0.05, 0.1) is 20.6 Å². The Balaban J connectivity index is 2.57. The van der Waals surface area contributed by atoms with Gasteiger partial charge in [-0.15, -0.1) is 0 Å². The average molecular weight is 346 g/mol. The van der Waals surface area contributed by atoms with E-state index in [9.17, 15) is 14.4 Å². The lowest BCUT2D eigenvalue weighted by Crippen LogP contribution is -2.12. The number of phenols is 2. The predicted octanol–water partition coefficient (Wildman–Crippen LogP) is 4.86. The van der Waals surface area contributed by atoms with E-state index in [0.717, 1.165) is 11.1 Å². The highest BCUT2D eigenvalue weighted by atomic mass is 32.2. The van der Waals surface area contributed by atoms with E-state index in [1.54, 1.807) is 24.3 Å². The monoisotopic (exact) mass is 346 g/mol. The molecule has 4 heteroatoms. The molecule has 2 rings (SSSR count). The summed E-state index contributed by atoms with van der Waals surface area (Å²) in [6.07, 6.45) is 0. The Morgan fingerprint density at radius 1 is 0.708 bits per heavy atom. The number of aromatic hydroxyl groups is 2. The van der Waals surface area contributed by atoms with Gasteiger partial charge in [-0.25, -0.2) is 4.21 Å². The van der Waals surface area contributed by atoms with Crippen LogP contribution in [0.25, 0.3) is 0 Å². The highest BCUT2D eigenvalue weighted by molar-refractivity contribution is 7.85. The lowest BCUT2D eigenvalue weighted by molar-refractivity contribution is 0.455. The minimum absolute atomic E-state index is 0.0260. The van der Waals surface area contributed by atoms with Crippen molar-refractivity contribution in [2.45, 2.75) is 62.2 Å². The first-order valence-electron chi connectivity index (χ1n) is 8.00. The maximum atomic E-state index is 13.0. The zero-order chi connectivity index (χ0) is 18.3. The fraction of sp³-hybridized carbons (Fsp3) is 0.400. The van der Waals surface area contributed by atoms with Crippen molar-refractivity contribution in [3.63, 3.8) is 0 Å². The van der Waals surface area contributed by atoms with E-state index >= 15 is 0 Å². The minimum Gasteiger partial charge on any atom is -0.507 e. The van der Waals surface area contributed by atoms with E-state index < -0.39 is 10.8 Å². The van der Waals surface area contributed by atoms with Gasteiger partial charge < -0.3 is 10.2 Å². The molecule has 2 N–H and O–H groups in total. The zero-order valence-electron chi connectivity index (χ0n) is 15.2. The molecular formula is C20H26O3S. The van der Waals surface area contributed by atoms with Crippen molar-refractivity contribution >= 4 is 10.8 Å². The molecule has 0 amide bonds. The summed E-state index contributed by atoms with van der Waals surface area (Å²) < 4.78 is 13.0. The lowest BCUT2D eigenvalue weighted by atomic mass is 9.87. The summed E-state index contributed by atoms with van der Waals surface area (Å²) >= 11 is 0. The summed E-state index contributed by atoms with van der Waals surface area (Å²) in [5.74, 6) is -0.0520. The number of phenolic OH excluding ortho intramolecular Hbond substituents is 2. The van der Waals surface area contributed by atoms with E-state index in [1.807, 2.05) is 12.1 Å². The van der Waals surface area contributed by atoms with Gasteiger partial charge in [-0.1, -0.05) is 53.7 Å². The molecule has 0 unspecified atom stereocenters. The molecule has 2 aromatic carbocycles. The van der Waals surface area contributed by atoms with Crippen LogP contribution in [-0.2, 0) is 21.6 Å². The first-order valence-corrected chi connectivity index (χ1v) is 9.15. The van der Waals surface area contributed by atoms with Crippen LogP contribution in [0.4, 0.5) is 0 Å². The second-order valence-corrected chi connectivity index (χ2v) is 9.55. The third kappa shape index (κ3) is 3.81. The summed E-state index contributed by atoms with van der Waals surface area (Å²) in [4.78, 5) is 0.646. The highest BCUT2D eigenvalue weighted by Crippen LogP contribution is 2.35. The van der Waals surface area contributed by atoms with E-state index in [0.29, 0.717) is 9.79 Å². The Kier molecular flexibility index (Phi) is 4.82. The fourth-order valence-electron chi connectivity index (χ4n) is 2.38. The number of benzene rings is 2. The average Bonchev–Trinajstić information content (AvgIpc) is 2.45. The van der Waals surface area contributed by atoms with Gasteiger partial charge >= 0.3 is 0 Å². The van der Waals surface area contributed by atoms with Crippen LogP contribution in [0.5, 0.6) is 11.5 Å². The molecule has 0 heterocycles. The van der Waals surface area contributed by atoms with Gasteiger partial charge in [0.25, 0.3) is 0 Å². The topological polar surface area (TPSA) is 57.5 Å². The summed E-state index contributed by atoms with van der Waals surface area (Å²) in [5.41, 5.74) is 1.72. The summed E-state index contributed by atoms with van der Waals surface area (Å²) in [6.45, 7) is 12.4. The first kappa shape index (κ1) is 18.5. The molecule has 0 aliphatic carbocycles. The minimum atomic E-state index is -1.66. The summed E-state index contributed by atoms with van der Waals surface area (Å²) in [6, 6.07) is 10.3. The molecule has 2 aromatic rings. The standard InChI is InChI=1S/C20H26O3S/c1-19(2,3)13-7-9-15(21)17(11-13)24(23)18-12-14(20(4,5)6)8-10-16(18)22/h7-12,21-22H,1-6H3. The van der Waals surface area contributed by atoms with E-state index in [4.69, 9.17) is 0 Å². The largest absolute Gasteiger partial charge is 0.507 e. The molecule has 0 bridgehead atoms. The second kappa shape index (κ2) is 6.25. The molecule has 0 aromatic heterocycles. The third-order valence-corrected chi connectivity index (χ3v) is 5.50. The van der Waals surface area contributed by atoms with Crippen LogP contribution in [0.1, 0.15) is 52.7 Å². The predicted molar refractivity (Wildman–Crippen MR) is 98.3 cm³/mol. The molecule has 0 fully saturated rings. The van der Waals surface area contributed by atoms with Crippen LogP contribution < -0.4 is 0 Å². The maximum absolute atomic E-state index is 13.0. The molecule has 0 atom stereocenters. The summed E-state index contributed by atoms with van der Waals surface area (Å²) in [7, 11) is -1.66. The lowest BCUT2D eigenvalue weighted by Gasteiger charge is -2.21. The Morgan fingerprint density at radius 3 is 1.33 bits per heavy atom. The molecule has 0 aliphatic heterocycles. The fourth-order valence-corrected chi connectivity index (χ4v) is 3.60. The van der Waals surface area contributed by atoms with Gasteiger partial charge in [0, 0.05) is 0 Å². The quantitative estimate of drug-likeness (QED) is 0.816. The Bertz CT molecular complexity index is 715. The number of hydrogen-bond donors (Lipinski definition) is 2. The van der Waals surface area contributed by atoms with Crippen LogP contribution in [0, 0.1) is 0 Å². The van der Waals surface area contributed by atoms with Crippen LogP contribution in [0.3, 0.4) is 0 Å². The molecule has 0 spiro atoms. The van der Waals surface area contributed by atoms with Crippen LogP contribution in [0.2, 0.25) is 0 Å². The second-order valence-electron chi connectivity index (χ2n) is 8.13. The SMILES string of the molecule is CC(C)(C)c1ccc(O)c(S(=O)c2cc(C(C)(C)C)ccc2O)c1. The van der Waals surface area contributed by atoms with E-state index in [-0.39, 0.29) is 22.3 Å². The molecular weight excluding hydrogens is 320 g/mol. The molecule has 0 saturated carbocycles. The number of hydrogen-bond acceptors (Lipinski definition) is 3. The van der Waals surface area contributed by atoms with Crippen LogP contribution in [0.15, 0.2) is 46.2 Å². The molecule has 24 heavy (non-hydrogen) atoms. The summed E-state index contributed by atoms with van der Waals surface area (Å²) in [5, 5.41) is 20.4. The molecule has 130 valence electrons. The zero-order valence-corrected chi connectivity index (χ0v) is 16.0. The maximum Gasteiger partial charge on any atom is 0.132 e. The van der Waals surface area contributed by atoms with Gasteiger partial charge in [-0.2, -0.15) is 0 Å². The Labute approximate surface area is 146 Å². The van der Waals surface area contributed by atoms with Crippen molar-refractivity contribution in [3.8, 4) is 11.5 Å². The smallest absolute Gasteiger partial charge is 0.132 e. The molecule has 0 aliphatic rings. The van der Waals surface area contributed by atoms with Crippen molar-refractivity contribution in [2.24, 2.45) is 0 Å². The van der Waals surface area contributed by atoms with E-state index in [2.05, 4.69) is 41.5 Å². The molecule has 3 nitrogen and oxygen atoms in total. The van der Waals surface area contributed by atoms with Crippen molar-refractivity contribution in [3.05, 3.63) is 47.5 Å². The van der Waals surface area contributed by atoms with Gasteiger partial charge in [-0.05, 0) is 46.2 Å². The van der Waals surface area contributed by atoms with Gasteiger partial charge in [0.15, 0.2) is 0 Å². The van der Waals surface area contributed by atoms with Crippen molar-refractivity contribution in [1.29, 1.82) is 0 Å². The van der Waals surface area contributed by atoms with Gasteiger partial charge in [0.1, 0.15) is 11.5 Å². The Hall–Kier alpha value is -1.81. The third-order valence-electron chi connectivity index (χ3n) is 4.05. The Morgan fingerprint density at radius 2 is 1.04 bits per heavy atom. The van der Waals surface area contributed by atoms with Gasteiger partial charge in [-0.3, -0.25) is 0 Å². The molecule has 0 saturated heterocycles. The van der Waals surface area contributed by atoms with E-state index in [1.165, 1.54) is 0 Å². The molecule has 0 radical (unpaired) electrons. The van der Waals surface area contributed by atoms with Crippen molar-refractivity contribution in [2.75, 3.05) is 0 Å². The van der Waals surface area contributed by atoms with Crippen molar-refractivity contribution in [1.82, 2.24) is 0 Å². The normalized spacial score (nSPS) is 12.6. The van der Waals surface area contributed by atoms with Crippen molar-refractivity contribution < 1.29 is 14.4 Å². The first-order chi connectivity index (χ1) is 10.9. The van der Waals surface area contributed by atoms with Gasteiger partial charge in [0.2, 0.25) is 0 Å². The van der Waals surface area contributed by atoms with Crippen LogP contribution >= 0.6 is 0 Å². The highest BCUT2D eigenvalue weighted by Gasteiger charge is 2.22.